The number of carboxylic acids is 1. The molecule has 0 radical (unpaired) electrons. The predicted molar refractivity (Wildman–Crippen MR) is 217 cm³/mol. The lowest BCUT2D eigenvalue weighted by Gasteiger charge is -2.28. The zero-order valence-electron chi connectivity index (χ0n) is 33.1. The van der Waals surface area contributed by atoms with Crippen molar-refractivity contribution in [2.24, 2.45) is 11.7 Å². The standard InChI is InChI=1S/C30H38N2O6.C14H20N2O4/c33-27-20-25(16-8-3-9-18-28(34)37-21-23-12-4-1-5-13-23)29(35)32-26(27)17-10-11-19-31-30(36)38-22-24-14-6-2-7-15-24;15-12(13(17)18)8-4-5-9-16-14(19)20-10-11-6-2-1-3-7-11/h1-2,4-7,12-15,25-26H,3,8-11,16-22H2,(H,31,36)(H,32,35);1-3,6-7,12H,4-5,8-10,15H2,(H,16,19)(H,17,18). The zero-order chi connectivity index (χ0) is 41.8. The molecule has 0 saturated carbocycles. The van der Waals surface area contributed by atoms with E-state index in [4.69, 9.17) is 25.1 Å². The molecule has 1 heterocycles. The van der Waals surface area contributed by atoms with Crippen molar-refractivity contribution in [1.29, 1.82) is 0 Å². The number of unbranched alkanes of at least 4 members (excludes halogenated alkanes) is 4. The van der Waals surface area contributed by atoms with Gasteiger partial charge < -0.3 is 41.0 Å². The zero-order valence-corrected chi connectivity index (χ0v) is 33.1. The molecule has 1 saturated heterocycles. The summed E-state index contributed by atoms with van der Waals surface area (Å²) in [6, 6.07) is 27.1. The molecule has 3 aromatic rings. The molecule has 1 fully saturated rings. The summed E-state index contributed by atoms with van der Waals surface area (Å²) >= 11 is 0. The first-order valence-electron chi connectivity index (χ1n) is 20.0. The van der Waals surface area contributed by atoms with Crippen molar-refractivity contribution >= 4 is 35.8 Å². The maximum absolute atomic E-state index is 12.5. The maximum atomic E-state index is 12.5. The van der Waals surface area contributed by atoms with Crippen LogP contribution in [-0.2, 0) is 53.2 Å². The van der Waals surface area contributed by atoms with Crippen molar-refractivity contribution < 1.29 is 48.1 Å². The average Bonchev–Trinajstić information content (AvgIpc) is 3.23. The molecule has 0 aliphatic carbocycles. The molecule has 0 aromatic heterocycles. The summed E-state index contributed by atoms with van der Waals surface area (Å²) in [7, 11) is 0. The number of nitrogens with one attached hydrogen (secondary N) is 3. The monoisotopic (exact) mass is 802 g/mol. The van der Waals surface area contributed by atoms with Crippen molar-refractivity contribution in [2.45, 2.75) is 109 Å². The van der Waals surface area contributed by atoms with Crippen LogP contribution in [0.5, 0.6) is 0 Å². The van der Waals surface area contributed by atoms with Crippen LogP contribution in [0.15, 0.2) is 91.0 Å². The second kappa shape index (κ2) is 27.8. The summed E-state index contributed by atoms with van der Waals surface area (Å²) in [6.45, 7) is 1.63. The van der Waals surface area contributed by atoms with Crippen molar-refractivity contribution in [1.82, 2.24) is 16.0 Å². The minimum atomic E-state index is -1.000. The molecule has 1 aliphatic rings. The molecule has 14 nitrogen and oxygen atoms in total. The van der Waals surface area contributed by atoms with Crippen molar-refractivity contribution in [3.05, 3.63) is 108 Å². The molecule has 0 spiro atoms. The first kappa shape index (κ1) is 46.6. The number of nitrogens with two attached hydrogens (primary N) is 1. The third-order valence-corrected chi connectivity index (χ3v) is 9.34. The molecule has 6 N–H and O–H groups in total. The number of alkyl carbamates (subject to hydrolysis) is 2. The van der Waals surface area contributed by atoms with E-state index in [1.165, 1.54) is 0 Å². The molecule has 14 heteroatoms. The molecule has 4 rings (SSSR count). The molecule has 1 aliphatic heterocycles. The number of rotatable bonds is 23. The van der Waals surface area contributed by atoms with E-state index in [-0.39, 0.29) is 49.8 Å². The van der Waals surface area contributed by atoms with E-state index in [1.807, 2.05) is 91.0 Å². The summed E-state index contributed by atoms with van der Waals surface area (Å²) in [5.41, 5.74) is 8.17. The number of carbonyl (C=O) groups excluding carboxylic acids is 5. The number of ether oxygens (including phenoxy) is 3. The Balaban J connectivity index is 0.000000379. The number of carboxylic acid groups (broad SMARTS) is 1. The van der Waals surface area contributed by atoms with E-state index in [0.29, 0.717) is 70.9 Å². The van der Waals surface area contributed by atoms with E-state index in [1.54, 1.807) is 0 Å². The first-order chi connectivity index (χ1) is 28.1. The summed E-state index contributed by atoms with van der Waals surface area (Å²) < 4.78 is 15.5. The van der Waals surface area contributed by atoms with Crippen LogP contribution >= 0.6 is 0 Å². The van der Waals surface area contributed by atoms with Gasteiger partial charge in [-0.15, -0.1) is 0 Å². The predicted octanol–water partition coefficient (Wildman–Crippen LogP) is 6.35. The lowest BCUT2D eigenvalue weighted by molar-refractivity contribution is -0.145. The van der Waals surface area contributed by atoms with Gasteiger partial charge in [0.1, 0.15) is 25.9 Å². The first-order valence-corrected chi connectivity index (χ1v) is 20.0. The number of benzene rings is 3. The van der Waals surface area contributed by atoms with Gasteiger partial charge in [0.2, 0.25) is 5.91 Å². The van der Waals surface area contributed by atoms with E-state index in [9.17, 15) is 28.8 Å². The van der Waals surface area contributed by atoms with Gasteiger partial charge in [-0.05, 0) is 68.1 Å². The normalized spacial score (nSPS) is 15.1. The quantitative estimate of drug-likeness (QED) is 0.0405. The Hall–Kier alpha value is -5.76. The van der Waals surface area contributed by atoms with Gasteiger partial charge in [0.15, 0.2) is 5.78 Å². The third-order valence-electron chi connectivity index (χ3n) is 9.34. The van der Waals surface area contributed by atoms with E-state index in [2.05, 4.69) is 16.0 Å². The molecule has 3 amide bonds. The van der Waals surface area contributed by atoms with Crippen LogP contribution in [0.4, 0.5) is 9.59 Å². The van der Waals surface area contributed by atoms with Crippen molar-refractivity contribution in [2.75, 3.05) is 13.1 Å². The van der Waals surface area contributed by atoms with Crippen LogP contribution in [0.2, 0.25) is 0 Å². The molecule has 3 atom stereocenters. The highest BCUT2D eigenvalue weighted by Gasteiger charge is 2.33. The second-order valence-corrected chi connectivity index (χ2v) is 14.1. The Labute approximate surface area is 340 Å². The topological polar surface area (TPSA) is 212 Å². The van der Waals surface area contributed by atoms with E-state index < -0.39 is 30.2 Å². The van der Waals surface area contributed by atoms with Crippen molar-refractivity contribution in [3.8, 4) is 0 Å². The maximum Gasteiger partial charge on any atom is 0.407 e. The molecule has 3 aromatic carbocycles. The Bertz CT molecular complexity index is 1590. The van der Waals surface area contributed by atoms with Crippen LogP contribution in [0, 0.1) is 5.92 Å². The van der Waals surface area contributed by atoms with Crippen LogP contribution in [0.25, 0.3) is 0 Å². The lowest BCUT2D eigenvalue weighted by atomic mass is 9.87. The minimum absolute atomic E-state index is 0.0642. The largest absolute Gasteiger partial charge is 0.480 e. The SMILES string of the molecule is NC(CCCCNC(=O)OCc1ccccc1)C(=O)O.O=C(CCCCCC1CC(=O)C(CCCCNC(=O)OCc2ccccc2)NC1=O)OCc1ccccc1. The lowest BCUT2D eigenvalue weighted by Crippen LogP contribution is -2.49. The van der Waals surface area contributed by atoms with Gasteiger partial charge in [-0.1, -0.05) is 104 Å². The number of ketones is 1. The molecule has 58 heavy (non-hydrogen) atoms. The number of aliphatic carboxylic acids is 1. The van der Waals surface area contributed by atoms with Gasteiger partial charge in [-0.2, -0.15) is 0 Å². The molecular weight excluding hydrogens is 745 g/mol. The Morgan fingerprint density at radius 1 is 0.655 bits per heavy atom. The fourth-order valence-corrected chi connectivity index (χ4v) is 5.98. The number of carbonyl (C=O) groups is 6. The van der Waals surface area contributed by atoms with Crippen LogP contribution in [-0.4, -0.2) is 66.1 Å². The Morgan fingerprint density at radius 3 is 1.66 bits per heavy atom. The summed E-state index contributed by atoms with van der Waals surface area (Å²) in [5, 5.41) is 16.8. The number of hydrogen-bond acceptors (Lipinski definition) is 10. The summed E-state index contributed by atoms with van der Waals surface area (Å²) in [5.74, 6) is -1.53. The molecule has 314 valence electrons. The van der Waals surface area contributed by atoms with Crippen molar-refractivity contribution in [3.63, 3.8) is 0 Å². The Morgan fingerprint density at radius 2 is 1.14 bits per heavy atom. The third kappa shape index (κ3) is 20.4. The molecular formula is C44H58N4O10. The average molecular weight is 803 g/mol. The van der Waals surface area contributed by atoms with Crippen LogP contribution < -0.4 is 21.7 Å². The number of esters is 1. The fourth-order valence-electron chi connectivity index (χ4n) is 5.98. The highest BCUT2D eigenvalue weighted by Crippen LogP contribution is 2.22. The van der Waals surface area contributed by atoms with Gasteiger partial charge >= 0.3 is 24.1 Å². The van der Waals surface area contributed by atoms with Gasteiger partial charge in [-0.25, -0.2) is 9.59 Å². The van der Waals surface area contributed by atoms with Gasteiger partial charge in [0, 0.05) is 31.8 Å². The second-order valence-electron chi connectivity index (χ2n) is 14.1. The highest BCUT2D eigenvalue weighted by atomic mass is 16.6. The number of hydrogen-bond donors (Lipinski definition) is 5. The van der Waals surface area contributed by atoms with Crippen LogP contribution in [0.1, 0.15) is 93.7 Å². The van der Waals surface area contributed by atoms with Gasteiger partial charge in [0.25, 0.3) is 0 Å². The smallest absolute Gasteiger partial charge is 0.407 e. The number of Topliss-reactive ketones (excluding diaryl/α,β-unsaturated/α-hetero) is 1. The number of piperidine rings is 1. The van der Waals surface area contributed by atoms with Gasteiger partial charge in [-0.3, -0.25) is 19.2 Å². The molecule has 0 bridgehead atoms. The fraction of sp³-hybridized carbons (Fsp3) is 0.455. The van der Waals surface area contributed by atoms with Gasteiger partial charge in [0.05, 0.1) is 6.04 Å². The van der Waals surface area contributed by atoms with E-state index >= 15 is 0 Å². The summed E-state index contributed by atoms with van der Waals surface area (Å²) in [6.07, 6.45) is 6.27. The Kier molecular flexibility index (Phi) is 22.3. The molecule has 3 unspecified atom stereocenters. The minimum Gasteiger partial charge on any atom is -0.480 e. The summed E-state index contributed by atoms with van der Waals surface area (Å²) in [4.78, 5) is 70.6. The highest BCUT2D eigenvalue weighted by molar-refractivity contribution is 5.96. The number of amides is 3. The van der Waals surface area contributed by atoms with E-state index in [0.717, 1.165) is 29.5 Å². The van der Waals surface area contributed by atoms with Crippen LogP contribution in [0.3, 0.4) is 0 Å².